The van der Waals surface area contributed by atoms with Gasteiger partial charge in [-0.3, -0.25) is 4.79 Å². The van der Waals surface area contributed by atoms with E-state index in [1.807, 2.05) is 24.3 Å². The fraction of sp³-hybridized carbons (Fsp3) is 0.467. The summed E-state index contributed by atoms with van der Waals surface area (Å²) in [6.07, 6.45) is 2.83. The van der Waals surface area contributed by atoms with E-state index < -0.39 is 5.41 Å². The van der Waals surface area contributed by atoms with Crippen molar-refractivity contribution in [2.45, 2.75) is 38.0 Å². The van der Waals surface area contributed by atoms with Gasteiger partial charge < -0.3 is 4.74 Å². The van der Waals surface area contributed by atoms with Crippen LogP contribution in [0.15, 0.2) is 24.3 Å². The highest BCUT2D eigenvalue weighted by Gasteiger charge is 2.39. The average Bonchev–Trinajstić information content (AvgIpc) is 2.39. The standard InChI is InChI=1S/C15H17NO2/c1-2-18-14(17)10-15(11-16)9-5-7-12-6-3-4-8-13(12)15/h3-4,6,8H,2,5,7,9-10H2,1H3. The lowest BCUT2D eigenvalue weighted by Gasteiger charge is -2.32. The van der Waals surface area contributed by atoms with Gasteiger partial charge in [0.15, 0.2) is 0 Å². The van der Waals surface area contributed by atoms with Crippen molar-refractivity contribution < 1.29 is 9.53 Å². The summed E-state index contributed by atoms with van der Waals surface area (Å²) in [5, 5.41) is 9.55. The summed E-state index contributed by atoms with van der Waals surface area (Å²) in [5.74, 6) is -0.282. The van der Waals surface area contributed by atoms with Gasteiger partial charge in [-0.15, -0.1) is 0 Å². The first-order chi connectivity index (χ1) is 8.72. The number of esters is 1. The molecule has 1 aliphatic carbocycles. The molecule has 0 heterocycles. The molecule has 0 radical (unpaired) electrons. The fourth-order valence-corrected chi connectivity index (χ4v) is 2.72. The maximum absolute atomic E-state index is 11.7. The van der Waals surface area contributed by atoms with Crippen LogP contribution in [0.2, 0.25) is 0 Å². The van der Waals surface area contributed by atoms with Crippen molar-refractivity contribution in [3.63, 3.8) is 0 Å². The van der Waals surface area contributed by atoms with Crippen molar-refractivity contribution in [2.24, 2.45) is 0 Å². The van der Waals surface area contributed by atoms with Gasteiger partial charge in [0, 0.05) is 0 Å². The quantitative estimate of drug-likeness (QED) is 0.767. The predicted molar refractivity (Wildman–Crippen MR) is 67.9 cm³/mol. The number of nitriles is 1. The van der Waals surface area contributed by atoms with Gasteiger partial charge >= 0.3 is 5.97 Å². The van der Waals surface area contributed by atoms with E-state index in [1.165, 1.54) is 5.56 Å². The highest BCUT2D eigenvalue weighted by molar-refractivity contribution is 5.73. The zero-order valence-corrected chi connectivity index (χ0v) is 10.6. The lowest BCUT2D eigenvalue weighted by molar-refractivity contribution is -0.144. The third-order valence-electron chi connectivity index (χ3n) is 3.55. The highest BCUT2D eigenvalue weighted by Crippen LogP contribution is 2.39. The summed E-state index contributed by atoms with van der Waals surface area (Å²) in [4.78, 5) is 11.7. The molecule has 18 heavy (non-hydrogen) atoms. The first-order valence-corrected chi connectivity index (χ1v) is 6.37. The van der Waals surface area contributed by atoms with Crippen LogP contribution >= 0.6 is 0 Å². The predicted octanol–water partition coefficient (Wildman–Crippen LogP) is 2.74. The van der Waals surface area contributed by atoms with Crippen molar-refractivity contribution >= 4 is 5.97 Å². The maximum Gasteiger partial charge on any atom is 0.307 e. The van der Waals surface area contributed by atoms with Gasteiger partial charge in [-0.2, -0.15) is 5.26 Å². The van der Waals surface area contributed by atoms with Crippen molar-refractivity contribution in [2.75, 3.05) is 6.61 Å². The van der Waals surface area contributed by atoms with Crippen LogP contribution in [0.25, 0.3) is 0 Å². The molecule has 0 saturated heterocycles. The topological polar surface area (TPSA) is 50.1 Å². The molecule has 1 aromatic carbocycles. The Morgan fingerprint density at radius 3 is 3.00 bits per heavy atom. The Morgan fingerprint density at radius 1 is 1.50 bits per heavy atom. The number of fused-ring (bicyclic) bond motifs is 1. The van der Waals surface area contributed by atoms with Crippen LogP contribution in [-0.2, 0) is 21.4 Å². The monoisotopic (exact) mass is 243 g/mol. The van der Waals surface area contributed by atoms with Crippen molar-refractivity contribution in [1.82, 2.24) is 0 Å². The first kappa shape index (κ1) is 12.6. The summed E-state index contributed by atoms with van der Waals surface area (Å²) < 4.78 is 5.00. The van der Waals surface area contributed by atoms with E-state index in [2.05, 4.69) is 6.07 Å². The van der Waals surface area contributed by atoms with Crippen LogP contribution in [0.3, 0.4) is 0 Å². The minimum atomic E-state index is -0.693. The molecule has 2 rings (SSSR count). The number of aryl methyl sites for hydroxylation is 1. The highest BCUT2D eigenvalue weighted by atomic mass is 16.5. The molecular formula is C15H17NO2. The number of benzene rings is 1. The van der Waals surface area contributed by atoms with Gasteiger partial charge in [0.1, 0.15) is 0 Å². The Hall–Kier alpha value is -1.82. The largest absolute Gasteiger partial charge is 0.466 e. The normalized spacial score (nSPS) is 21.8. The Morgan fingerprint density at radius 2 is 2.28 bits per heavy atom. The second-order valence-corrected chi connectivity index (χ2v) is 4.69. The number of carbonyl (C=O) groups excluding carboxylic acids is 1. The minimum Gasteiger partial charge on any atom is -0.466 e. The molecule has 0 fully saturated rings. The number of hydrogen-bond acceptors (Lipinski definition) is 3. The molecule has 0 bridgehead atoms. The Bertz CT molecular complexity index is 490. The van der Waals surface area contributed by atoms with Crippen LogP contribution in [0.4, 0.5) is 0 Å². The summed E-state index contributed by atoms with van der Waals surface area (Å²) in [6, 6.07) is 10.3. The SMILES string of the molecule is CCOC(=O)CC1(C#N)CCCc2ccccc21. The molecule has 0 aromatic heterocycles. The minimum absolute atomic E-state index is 0.161. The second-order valence-electron chi connectivity index (χ2n) is 4.69. The third-order valence-corrected chi connectivity index (χ3v) is 3.55. The molecule has 1 aromatic rings. The zero-order valence-electron chi connectivity index (χ0n) is 10.6. The van der Waals surface area contributed by atoms with Gasteiger partial charge in [-0.25, -0.2) is 0 Å². The molecule has 3 nitrogen and oxygen atoms in total. The summed E-state index contributed by atoms with van der Waals surface area (Å²) in [5.41, 5.74) is 1.50. The first-order valence-electron chi connectivity index (χ1n) is 6.37. The fourth-order valence-electron chi connectivity index (χ4n) is 2.72. The van der Waals surface area contributed by atoms with E-state index in [0.29, 0.717) is 6.61 Å². The third kappa shape index (κ3) is 2.24. The lowest BCUT2D eigenvalue weighted by atomic mass is 9.69. The lowest BCUT2D eigenvalue weighted by Crippen LogP contribution is -2.32. The number of rotatable bonds is 3. The summed E-state index contributed by atoms with van der Waals surface area (Å²) in [7, 11) is 0. The van der Waals surface area contributed by atoms with Gasteiger partial charge in [0.05, 0.1) is 24.5 Å². The number of hydrogen-bond donors (Lipinski definition) is 0. The van der Waals surface area contributed by atoms with Crippen LogP contribution in [-0.4, -0.2) is 12.6 Å². The zero-order chi connectivity index (χ0) is 13.0. The average molecular weight is 243 g/mol. The Kier molecular flexibility index (Phi) is 3.66. The number of nitrogens with zero attached hydrogens (tertiary/aromatic N) is 1. The van der Waals surface area contributed by atoms with Gasteiger partial charge in [-0.1, -0.05) is 24.3 Å². The number of carbonyl (C=O) groups is 1. The molecule has 94 valence electrons. The molecule has 3 heteroatoms. The smallest absolute Gasteiger partial charge is 0.307 e. The summed E-state index contributed by atoms with van der Waals surface area (Å²) >= 11 is 0. The molecule has 1 aliphatic rings. The maximum atomic E-state index is 11.7. The van der Waals surface area contributed by atoms with Crippen molar-refractivity contribution in [1.29, 1.82) is 5.26 Å². The van der Waals surface area contributed by atoms with E-state index in [4.69, 9.17) is 4.74 Å². The van der Waals surface area contributed by atoms with Crippen LogP contribution in [0, 0.1) is 11.3 Å². The van der Waals surface area contributed by atoms with Gasteiger partial charge in [0.25, 0.3) is 0 Å². The molecular weight excluding hydrogens is 226 g/mol. The van der Waals surface area contributed by atoms with E-state index in [9.17, 15) is 10.1 Å². The van der Waals surface area contributed by atoms with Crippen LogP contribution in [0.5, 0.6) is 0 Å². The molecule has 0 spiro atoms. The Labute approximate surface area is 107 Å². The second kappa shape index (κ2) is 5.22. The van der Waals surface area contributed by atoms with Crippen molar-refractivity contribution in [3.8, 4) is 6.07 Å². The van der Waals surface area contributed by atoms with E-state index in [1.54, 1.807) is 6.92 Å². The summed E-state index contributed by atoms with van der Waals surface area (Å²) in [6.45, 7) is 2.15. The van der Waals surface area contributed by atoms with E-state index in [-0.39, 0.29) is 12.4 Å². The number of ether oxygens (including phenoxy) is 1. The molecule has 0 N–H and O–H groups in total. The van der Waals surface area contributed by atoms with Crippen molar-refractivity contribution in [3.05, 3.63) is 35.4 Å². The Balaban J connectivity index is 2.34. The van der Waals surface area contributed by atoms with E-state index >= 15 is 0 Å². The van der Waals surface area contributed by atoms with Gasteiger partial charge in [-0.05, 0) is 37.3 Å². The molecule has 0 amide bonds. The molecule has 0 saturated carbocycles. The molecule has 0 aliphatic heterocycles. The van der Waals surface area contributed by atoms with Crippen LogP contribution < -0.4 is 0 Å². The van der Waals surface area contributed by atoms with Crippen LogP contribution in [0.1, 0.15) is 37.3 Å². The molecule has 1 unspecified atom stereocenters. The van der Waals surface area contributed by atoms with Gasteiger partial charge in [0.2, 0.25) is 0 Å². The molecule has 1 atom stereocenters. The van der Waals surface area contributed by atoms with E-state index in [0.717, 1.165) is 24.8 Å².